The molecule has 0 amide bonds. The van der Waals surface area contributed by atoms with Crippen LogP contribution in [0, 0.1) is 0 Å². The first kappa shape index (κ1) is 12.2. The van der Waals surface area contributed by atoms with E-state index in [1.54, 1.807) is 0 Å². The Bertz CT molecular complexity index is 99.2. The molecule has 0 saturated carbocycles. The van der Waals surface area contributed by atoms with Crippen LogP contribution >= 0.6 is 11.6 Å². The highest BCUT2D eigenvalue weighted by Crippen LogP contribution is 2.16. The lowest BCUT2D eigenvalue weighted by Crippen LogP contribution is -2.18. The van der Waals surface area contributed by atoms with E-state index in [9.17, 15) is 0 Å². The summed E-state index contributed by atoms with van der Waals surface area (Å²) in [6, 6.07) is 0. The van der Waals surface area contributed by atoms with Crippen molar-refractivity contribution in [1.82, 2.24) is 0 Å². The lowest BCUT2D eigenvalue weighted by molar-refractivity contribution is -0.0906. The van der Waals surface area contributed by atoms with Gasteiger partial charge < -0.3 is 10.2 Å². The van der Waals surface area contributed by atoms with Gasteiger partial charge in [-0.1, -0.05) is 50.6 Å². The fourth-order valence-electron chi connectivity index (χ4n) is 1.13. The molecule has 0 heterocycles. The van der Waals surface area contributed by atoms with Crippen LogP contribution in [-0.2, 0) is 0 Å². The summed E-state index contributed by atoms with van der Waals surface area (Å²) in [6.07, 6.45) is 7.00. The molecule has 0 radical (unpaired) electrons. The van der Waals surface area contributed by atoms with Gasteiger partial charge in [0.15, 0.2) is 0 Å². The molecule has 0 unspecified atom stereocenters. The Morgan fingerprint density at radius 1 is 1.00 bits per heavy atom. The van der Waals surface area contributed by atoms with Crippen LogP contribution in [0.5, 0.6) is 0 Å². The van der Waals surface area contributed by atoms with Crippen molar-refractivity contribution in [3.05, 3.63) is 0 Å². The zero-order valence-electron chi connectivity index (χ0n) is 7.72. The minimum atomic E-state index is -1.98. The Labute approximate surface area is 79.6 Å². The van der Waals surface area contributed by atoms with E-state index in [-0.39, 0.29) is 6.42 Å². The van der Waals surface area contributed by atoms with Gasteiger partial charge in [-0.25, -0.2) is 0 Å². The average molecular weight is 195 g/mol. The standard InChI is InChI=1S/C9H19ClO2/c1-2-3-4-5-6-7-8-9(10,11)12/h11-12H,2-8H2,1H3. The minimum absolute atomic E-state index is 0.265. The van der Waals surface area contributed by atoms with Crippen molar-refractivity contribution in [2.45, 2.75) is 57.1 Å². The van der Waals surface area contributed by atoms with Crippen LogP contribution in [0.4, 0.5) is 0 Å². The molecule has 0 spiro atoms. The van der Waals surface area contributed by atoms with Crippen molar-refractivity contribution < 1.29 is 10.2 Å². The summed E-state index contributed by atoms with van der Waals surface area (Å²) in [7, 11) is 0. The molecule has 0 fully saturated rings. The van der Waals surface area contributed by atoms with E-state index in [0.29, 0.717) is 0 Å². The molecule has 74 valence electrons. The van der Waals surface area contributed by atoms with Crippen LogP contribution in [0.3, 0.4) is 0 Å². The maximum atomic E-state index is 8.74. The molecule has 2 N–H and O–H groups in total. The number of hydrogen-bond acceptors (Lipinski definition) is 2. The van der Waals surface area contributed by atoms with E-state index in [4.69, 9.17) is 21.8 Å². The molecule has 0 aliphatic rings. The zero-order valence-corrected chi connectivity index (χ0v) is 8.48. The van der Waals surface area contributed by atoms with Crippen molar-refractivity contribution in [2.24, 2.45) is 0 Å². The van der Waals surface area contributed by atoms with Gasteiger partial charge in [-0.2, -0.15) is 0 Å². The highest BCUT2D eigenvalue weighted by atomic mass is 35.5. The summed E-state index contributed by atoms with van der Waals surface area (Å²) < 4.78 is 0. The third kappa shape index (κ3) is 10.2. The van der Waals surface area contributed by atoms with Crippen molar-refractivity contribution in [1.29, 1.82) is 0 Å². The SMILES string of the molecule is CCCCCCCCC(O)(O)Cl. The monoisotopic (exact) mass is 194 g/mol. The Balaban J connectivity index is 3.01. The Morgan fingerprint density at radius 2 is 1.50 bits per heavy atom. The molecule has 0 aromatic carbocycles. The van der Waals surface area contributed by atoms with Gasteiger partial charge in [-0.3, -0.25) is 0 Å². The number of rotatable bonds is 7. The van der Waals surface area contributed by atoms with Crippen molar-refractivity contribution in [2.75, 3.05) is 0 Å². The van der Waals surface area contributed by atoms with E-state index < -0.39 is 5.25 Å². The number of aliphatic hydroxyl groups is 2. The highest BCUT2D eigenvalue weighted by molar-refractivity contribution is 6.21. The Kier molecular flexibility index (Phi) is 6.81. The average Bonchev–Trinajstić information content (AvgIpc) is 1.94. The first-order valence-electron chi connectivity index (χ1n) is 4.70. The molecule has 0 aromatic heterocycles. The maximum absolute atomic E-state index is 8.74. The van der Waals surface area contributed by atoms with Gasteiger partial charge in [-0.05, 0) is 6.42 Å². The van der Waals surface area contributed by atoms with Crippen molar-refractivity contribution in [3.63, 3.8) is 0 Å². The van der Waals surface area contributed by atoms with E-state index in [1.807, 2.05) is 0 Å². The molecule has 0 aromatic rings. The van der Waals surface area contributed by atoms with Gasteiger partial charge in [0.2, 0.25) is 5.25 Å². The largest absolute Gasteiger partial charge is 0.353 e. The summed E-state index contributed by atoms with van der Waals surface area (Å²) in [5.41, 5.74) is 0. The van der Waals surface area contributed by atoms with Crippen LogP contribution in [0.25, 0.3) is 0 Å². The molecular formula is C9H19ClO2. The first-order valence-corrected chi connectivity index (χ1v) is 5.07. The van der Waals surface area contributed by atoms with Gasteiger partial charge in [0, 0.05) is 6.42 Å². The molecule has 2 nitrogen and oxygen atoms in total. The number of alkyl halides is 1. The van der Waals surface area contributed by atoms with Crippen molar-refractivity contribution in [3.8, 4) is 0 Å². The van der Waals surface area contributed by atoms with E-state index >= 15 is 0 Å². The third-order valence-corrected chi connectivity index (χ3v) is 2.04. The fourth-order valence-corrected chi connectivity index (χ4v) is 1.26. The maximum Gasteiger partial charge on any atom is 0.243 e. The topological polar surface area (TPSA) is 40.5 Å². The van der Waals surface area contributed by atoms with Gasteiger partial charge in [0.1, 0.15) is 0 Å². The third-order valence-electron chi connectivity index (χ3n) is 1.85. The second kappa shape index (κ2) is 6.70. The normalized spacial score (nSPS) is 12.0. The fraction of sp³-hybridized carbons (Fsp3) is 1.00. The molecule has 0 atom stereocenters. The predicted molar refractivity (Wildman–Crippen MR) is 51.0 cm³/mol. The van der Waals surface area contributed by atoms with E-state index in [2.05, 4.69) is 6.92 Å². The predicted octanol–water partition coefficient (Wildman–Crippen LogP) is 2.61. The van der Waals surface area contributed by atoms with Gasteiger partial charge >= 0.3 is 0 Å². The second-order valence-corrected chi connectivity index (χ2v) is 3.84. The minimum Gasteiger partial charge on any atom is -0.353 e. The molecule has 0 rings (SSSR count). The highest BCUT2D eigenvalue weighted by Gasteiger charge is 2.16. The number of hydrogen-bond donors (Lipinski definition) is 2. The van der Waals surface area contributed by atoms with E-state index in [1.165, 1.54) is 25.7 Å². The number of unbranched alkanes of at least 4 members (excludes halogenated alkanes) is 5. The molecular weight excluding hydrogens is 176 g/mol. The molecule has 0 aliphatic heterocycles. The summed E-state index contributed by atoms with van der Waals surface area (Å²) in [6.45, 7) is 2.17. The summed E-state index contributed by atoms with van der Waals surface area (Å²) >= 11 is 5.18. The molecule has 12 heavy (non-hydrogen) atoms. The van der Waals surface area contributed by atoms with Crippen LogP contribution in [0.2, 0.25) is 0 Å². The van der Waals surface area contributed by atoms with Crippen LogP contribution in [-0.4, -0.2) is 15.5 Å². The Hall–Kier alpha value is 0.210. The molecule has 0 bridgehead atoms. The zero-order chi connectivity index (χ0) is 9.45. The lowest BCUT2D eigenvalue weighted by Gasteiger charge is -2.11. The molecule has 3 heteroatoms. The Morgan fingerprint density at radius 3 is 2.00 bits per heavy atom. The molecule has 0 aliphatic carbocycles. The smallest absolute Gasteiger partial charge is 0.243 e. The summed E-state index contributed by atoms with van der Waals surface area (Å²) in [4.78, 5) is 0. The van der Waals surface area contributed by atoms with Gasteiger partial charge in [0.25, 0.3) is 0 Å². The number of halogens is 1. The van der Waals surface area contributed by atoms with Crippen LogP contribution in [0.15, 0.2) is 0 Å². The molecule has 0 saturated heterocycles. The van der Waals surface area contributed by atoms with Gasteiger partial charge in [-0.15, -0.1) is 0 Å². The van der Waals surface area contributed by atoms with Crippen LogP contribution < -0.4 is 0 Å². The lowest BCUT2D eigenvalue weighted by atomic mass is 10.1. The van der Waals surface area contributed by atoms with Gasteiger partial charge in [0.05, 0.1) is 0 Å². The van der Waals surface area contributed by atoms with E-state index in [0.717, 1.165) is 12.8 Å². The summed E-state index contributed by atoms with van der Waals surface area (Å²) in [5, 5.41) is 15.5. The first-order chi connectivity index (χ1) is 5.56. The summed E-state index contributed by atoms with van der Waals surface area (Å²) in [5.74, 6) is 0. The quantitative estimate of drug-likeness (QED) is 0.372. The van der Waals surface area contributed by atoms with Crippen LogP contribution in [0.1, 0.15) is 51.9 Å². The second-order valence-electron chi connectivity index (χ2n) is 3.24. The van der Waals surface area contributed by atoms with Crippen molar-refractivity contribution >= 4 is 11.6 Å².